The largest absolute Gasteiger partial charge is 0.496 e. The minimum Gasteiger partial charge on any atom is -0.496 e. The molecule has 0 spiro atoms. The van der Waals surface area contributed by atoms with Gasteiger partial charge in [-0.25, -0.2) is 4.39 Å². The minimum atomic E-state index is -0.364. The molecule has 1 heterocycles. The van der Waals surface area contributed by atoms with E-state index in [4.69, 9.17) is 9.15 Å². The van der Waals surface area contributed by atoms with Crippen LogP contribution in [0.2, 0.25) is 0 Å². The van der Waals surface area contributed by atoms with Gasteiger partial charge in [0.25, 0.3) is 11.8 Å². The third kappa shape index (κ3) is 4.26. The van der Waals surface area contributed by atoms with Crippen LogP contribution in [0.15, 0.2) is 52.9 Å². The molecule has 2 N–H and O–H groups in total. The fourth-order valence-electron chi connectivity index (χ4n) is 5.58. The number of hydrogen-bond acceptors (Lipinski definition) is 4. The van der Waals surface area contributed by atoms with Gasteiger partial charge in [-0.05, 0) is 103 Å². The molecule has 2 aliphatic rings. The van der Waals surface area contributed by atoms with Crippen molar-refractivity contribution in [2.45, 2.75) is 45.1 Å². The van der Waals surface area contributed by atoms with Gasteiger partial charge >= 0.3 is 0 Å². The lowest BCUT2D eigenvalue weighted by molar-refractivity contribution is 0.0936. The van der Waals surface area contributed by atoms with Gasteiger partial charge < -0.3 is 19.8 Å². The second kappa shape index (κ2) is 9.26. The second-order valence-electron chi connectivity index (χ2n) is 10.7. The highest BCUT2D eigenvalue weighted by Crippen LogP contribution is 2.66. The smallest absolute Gasteiger partial charge is 0.255 e. The number of amides is 2. The van der Waals surface area contributed by atoms with Crippen molar-refractivity contribution in [1.82, 2.24) is 10.6 Å². The normalized spacial score (nSPS) is 18.9. The van der Waals surface area contributed by atoms with Crippen molar-refractivity contribution >= 4 is 22.8 Å². The van der Waals surface area contributed by atoms with Gasteiger partial charge in [0.1, 0.15) is 22.9 Å². The SMILES string of the molecule is CCCc1cc2oc(-c3ccc(F)cc3)c(C(=O)NC)c2cc1-c1cc(C(=O)NC23CC2C3)c(OC)cc1C. The van der Waals surface area contributed by atoms with Gasteiger partial charge in [0.05, 0.1) is 18.2 Å². The molecule has 2 fully saturated rings. The van der Waals surface area contributed by atoms with Crippen LogP contribution in [-0.2, 0) is 6.42 Å². The first-order valence-electron chi connectivity index (χ1n) is 13.4. The molecule has 0 bridgehead atoms. The zero-order chi connectivity index (χ0) is 27.5. The van der Waals surface area contributed by atoms with Crippen LogP contribution in [0.5, 0.6) is 5.75 Å². The van der Waals surface area contributed by atoms with E-state index in [1.807, 2.05) is 31.2 Å². The first-order valence-corrected chi connectivity index (χ1v) is 13.4. The number of furan rings is 1. The number of halogens is 1. The Kier molecular flexibility index (Phi) is 5.97. The quantitative estimate of drug-likeness (QED) is 0.277. The number of fused-ring (bicyclic) bond motifs is 2. The molecule has 0 atom stereocenters. The summed E-state index contributed by atoms with van der Waals surface area (Å²) in [7, 11) is 3.15. The van der Waals surface area contributed by atoms with Gasteiger partial charge in [0.15, 0.2) is 0 Å². The van der Waals surface area contributed by atoms with E-state index in [1.165, 1.54) is 12.1 Å². The van der Waals surface area contributed by atoms with Crippen LogP contribution < -0.4 is 15.4 Å². The maximum absolute atomic E-state index is 13.6. The highest BCUT2D eigenvalue weighted by atomic mass is 19.1. The predicted octanol–water partition coefficient (Wildman–Crippen LogP) is 6.43. The van der Waals surface area contributed by atoms with Crippen LogP contribution >= 0.6 is 0 Å². The summed E-state index contributed by atoms with van der Waals surface area (Å²) in [5, 5.41) is 6.58. The van der Waals surface area contributed by atoms with E-state index in [-0.39, 0.29) is 23.2 Å². The molecule has 39 heavy (non-hydrogen) atoms. The van der Waals surface area contributed by atoms with E-state index < -0.39 is 0 Å². The molecular weight excluding hydrogens is 495 g/mol. The third-order valence-electron chi connectivity index (χ3n) is 8.12. The van der Waals surface area contributed by atoms with Crippen LogP contribution in [-0.4, -0.2) is 31.5 Å². The van der Waals surface area contributed by atoms with Crippen molar-refractivity contribution < 1.29 is 23.1 Å². The molecule has 7 heteroatoms. The molecule has 2 amide bonds. The number of methoxy groups -OCH3 is 1. The molecule has 2 aliphatic carbocycles. The van der Waals surface area contributed by atoms with Crippen LogP contribution in [0.3, 0.4) is 0 Å². The van der Waals surface area contributed by atoms with Gasteiger partial charge in [-0.15, -0.1) is 0 Å². The second-order valence-corrected chi connectivity index (χ2v) is 10.7. The number of aryl methyl sites for hydroxylation is 2. The van der Waals surface area contributed by atoms with Crippen molar-refractivity contribution in [3.8, 4) is 28.2 Å². The summed E-state index contributed by atoms with van der Waals surface area (Å²) < 4.78 is 25.5. The topological polar surface area (TPSA) is 80.6 Å². The summed E-state index contributed by atoms with van der Waals surface area (Å²) in [6.07, 6.45) is 3.79. The van der Waals surface area contributed by atoms with Crippen molar-refractivity contribution in [1.29, 1.82) is 0 Å². The Labute approximate surface area is 226 Å². The molecule has 0 radical (unpaired) electrons. The highest BCUT2D eigenvalue weighted by molar-refractivity contribution is 6.12. The molecular formula is C32H31FN2O4. The monoisotopic (exact) mass is 526 g/mol. The van der Waals surface area contributed by atoms with Gasteiger partial charge in [-0.2, -0.15) is 0 Å². The van der Waals surface area contributed by atoms with Crippen molar-refractivity contribution in [3.63, 3.8) is 0 Å². The molecule has 0 saturated heterocycles. The molecule has 1 aromatic heterocycles. The molecule has 6 nitrogen and oxygen atoms in total. The Morgan fingerprint density at radius 2 is 1.79 bits per heavy atom. The molecule has 3 aromatic carbocycles. The van der Waals surface area contributed by atoms with Crippen molar-refractivity contribution in [2.24, 2.45) is 5.92 Å². The summed E-state index contributed by atoms with van der Waals surface area (Å²) in [5.41, 5.74) is 5.92. The molecule has 200 valence electrons. The van der Waals surface area contributed by atoms with E-state index in [1.54, 1.807) is 26.3 Å². The molecule has 6 rings (SSSR count). The average Bonchev–Trinajstić information content (AvgIpc) is 3.75. The number of rotatable bonds is 8. The predicted molar refractivity (Wildman–Crippen MR) is 149 cm³/mol. The van der Waals surface area contributed by atoms with E-state index in [2.05, 4.69) is 17.6 Å². The molecule has 0 unspecified atom stereocenters. The van der Waals surface area contributed by atoms with Crippen molar-refractivity contribution in [3.05, 3.63) is 76.6 Å². The zero-order valence-corrected chi connectivity index (χ0v) is 22.5. The lowest BCUT2D eigenvalue weighted by Gasteiger charge is -2.17. The molecule has 2 saturated carbocycles. The molecule has 0 aliphatic heterocycles. The lowest BCUT2D eigenvalue weighted by atomic mass is 9.90. The molecule has 4 aromatic rings. The Hall–Kier alpha value is -4.13. The summed E-state index contributed by atoms with van der Waals surface area (Å²) in [4.78, 5) is 26.4. The van der Waals surface area contributed by atoms with E-state index in [0.717, 1.165) is 47.9 Å². The number of nitrogens with one attached hydrogen (secondary N) is 2. The highest BCUT2D eigenvalue weighted by Gasteiger charge is 2.70. The number of benzene rings is 3. The fraction of sp³-hybridized carbons (Fsp3) is 0.312. The van der Waals surface area contributed by atoms with Crippen LogP contribution in [0.1, 0.15) is 58.0 Å². The minimum absolute atomic E-state index is 0.00458. The van der Waals surface area contributed by atoms with Crippen LogP contribution in [0, 0.1) is 18.7 Å². The summed E-state index contributed by atoms with van der Waals surface area (Å²) in [5.74, 6) is 0.760. The number of carbonyl (C=O) groups is 2. The first-order chi connectivity index (χ1) is 18.8. The number of hydrogen-bond donors (Lipinski definition) is 2. The maximum Gasteiger partial charge on any atom is 0.255 e. The summed E-state index contributed by atoms with van der Waals surface area (Å²) in [6.45, 7) is 4.10. The van der Waals surface area contributed by atoms with Gasteiger partial charge in [-0.1, -0.05) is 13.3 Å². The Balaban J connectivity index is 1.54. The first kappa shape index (κ1) is 25.2. The van der Waals surface area contributed by atoms with E-state index in [0.29, 0.717) is 45.1 Å². The Morgan fingerprint density at radius 1 is 1.08 bits per heavy atom. The lowest BCUT2D eigenvalue weighted by Crippen LogP contribution is -2.31. The Morgan fingerprint density at radius 3 is 2.41 bits per heavy atom. The zero-order valence-electron chi connectivity index (χ0n) is 22.5. The van der Waals surface area contributed by atoms with E-state index in [9.17, 15) is 14.0 Å². The fourth-order valence-corrected chi connectivity index (χ4v) is 5.58. The number of carbonyl (C=O) groups excluding carboxylic acids is 2. The Bertz CT molecular complexity index is 1630. The van der Waals surface area contributed by atoms with Gasteiger partial charge in [0.2, 0.25) is 0 Å². The summed E-state index contributed by atoms with van der Waals surface area (Å²) in [6, 6.07) is 13.7. The van der Waals surface area contributed by atoms with Crippen LogP contribution in [0.25, 0.3) is 33.4 Å². The van der Waals surface area contributed by atoms with Gasteiger partial charge in [0, 0.05) is 23.5 Å². The maximum atomic E-state index is 13.6. The third-order valence-corrected chi connectivity index (χ3v) is 8.12. The number of ether oxygens (including phenoxy) is 1. The average molecular weight is 527 g/mol. The van der Waals surface area contributed by atoms with Crippen LogP contribution in [0.4, 0.5) is 4.39 Å². The van der Waals surface area contributed by atoms with Crippen molar-refractivity contribution in [2.75, 3.05) is 14.2 Å². The van der Waals surface area contributed by atoms with Gasteiger partial charge in [-0.3, -0.25) is 9.59 Å². The standard InChI is InChI=1S/C32H31FN2O4/c1-5-6-19-12-27-24(28(31(37)34-3)29(39-27)18-7-9-21(33)10-8-18)14-23(19)22-13-25(26(38-4)11-17(22)2)30(36)35-32-15-20(32)16-32/h7-14,20H,5-6,15-16H2,1-4H3,(H,34,37)(H,35,36). The summed E-state index contributed by atoms with van der Waals surface area (Å²) >= 11 is 0. The van der Waals surface area contributed by atoms with E-state index >= 15 is 0 Å².